The molecule has 0 radical (unpaired) electrons. The minimum Gasteiger partial charge on any atom is -0.481 e. The SMILES string of the molecule is Cc1cc(C)n(CCCNC(=O)c2cc(C)c(OCC(=O)O)c(C)c2)n1. The Morgan fingerprint density at radius 3 is 2.35 bits per heavy atom. The van der Waals surface area contributed by atoms with Crippen molar-refractivity contribution in [3.8, 4) is 5.75 Å². The largest absolute Gasteiger partial charge is 0.481 e. The molecular weight excluding hydrogens is 334 g/mol. The van der Waals surface area contributed by atoms with Gasteiger partial charge in [0.25, 0.3) is 5.91 Å². The number of aliphatic carboxylic acids is 1. The van der Waals surface area contributed by atoms with Crippen molar-refractivity contribution in [3.05, 3.63) is 46.3 Å². The number of carboxylic acid groups (broad SMARTS) is 1. The van der Waals surface area contributed by atoms with Gasteiger partial charge in [-0.15, -0.1) is 0 Å². The summed E-state index contributed by atoms with van der Waals surface area (Å²) < 4.78 is 7.22. The summed E-state index contributed by atoms with van der Waals surface area (Å²) in [4.78, 5) is 23.0. The van der Waals surface area contributed by atoms with Gasteiger partial charge < -0.3 is 15.2 Å². The van der Waals surface area contributed by atoms with Crippen molar-refractivity contribution in [2.45, 2.75) is 40.7 Å². The van der Waals surface area contributed by atoms with E-state index < -0.39 is 12.6 Å². The molecule has 2 aromatic rings. The first-order chi connectivity index (χ1) is 12.3. The van der Waals surface area contributed by atoms with E-state index in [4.69, 9.17) is 9.84 Å². The fraction of sp³-hybridized carbons (Fsp3) is 0.421. The van der Waals surface area contributed by atoms with Crippen molar-refractivity contribution in [2.75, 3.05) is 13.2 Å². The Hall–Kier alpha value is -2.83. The lowest BCUT2D eigenvalue weighted by molar-refractivity contribution is -0.139. The minimum atomic E-state index is -1.03. The number of hydrogen-bond acceptors (Lipinski definition) is 4. The van der Waals surface area contributed by atoms with Gasteiger partial charge in [0.1, 0.15) is 5.75 Å². The number of carboxylic acids is 1. The van der Waals surface area contributed by atoms with Crippen LogP contribution in [-0.4, -0.2) is 39.9 Å². The van der Waals surface area contributed by atoms with Crippen LogP contribution in [0.1, 0.15) is 39.3 Å². The molecule has 7 heteroatoms. The lowest BCUT2D eigenvalue weighted by atomic mass is 10.1. The maximum atomic E-state index is 12.3. The molecule has 0 aliphatic rings. The van der Waals surface area contributed by atoms with Crippen LogP contribution in [-0.2, 0) is 11.3 Å². The van der Waals surface area contributed by atoms with Crippen LogP contribution in [0.5, 0.6) is 5.75 Å². The quantitative estimate of drug-likeness (QED) is 0.706. The molecule has 2 N–H and O–H groups in total. The van der Waals surface area contributed by atoms with Crippen LogP contribution in [0.3, 0.4) is 0 Å². The molecular formula is C19H25N3O4. The number of aryl methyl sites for hydroxylation is 5. The van der Waals surface area contributed by atoms with Gasteiger partial charge in [0.05, 0.1) is 5.69 Å². The molecule has 0 unspecified atom stereocenters. The molecule has 1 amide bonds. The average Bonchev–Trinajstić information content (AvgIpc) is 2.87. The predicted octanol–water partition coefficient (Wildman–Crippen LogP) is 2.40. The van der Waals surface area contributed by atoms with E-state index in [1.165, 1.54) is 0 Å². The van der Waals surface area contributed by atoms with E-state index in [2.05, 4.69) is 10.4 Å². The molecule has 0 spiro atoms. The second-order valence-corrected chi connectivity index (χ2v) is 6.38. The number of nitrogens with zero attached hydrogens (tertiary/aromatic N) is 2. The number of nitrogens with one attached hydrogen (secondary N) is 1. The molecule has 0 fully saturated rings. The zero-order valence-corrected chi connectivity index (χ0v) is 15.6. The zero-order chi connectivity index (χ0) is 19.3. The topological polar surface area (TPSA) is 93.5 Å². The van der Waals surface area contributed by atoms with Gasteiger partial charge in [-0.1, -0.05) is 0 Å². The van der Waals surface area contributed by atoms with Crippen molar-refractivity contribution in [3.63, 3.8) is 0 Å². The lowest BCUT2D eigenvalue weighted by Crippen LogP contribution is -2.25. The van der Waals surface area contributed by atoms with Gasteiger partial charge in [0.2, 0.25) is 0 Å². The summed E-state index contributed by atoms with van der Waals surface area (Å²) >= 11 is 0. The maximum Gasteiger partial charge on any atom is 0.341 e. The second-order valence-electron chi connectivity index (χ2n) is 6.38. The van der Waals surface area contributed by atoms with Crippen LogP contribution in [0.2, 0.25) is 0 Å². The first kappa shape index (κ1) is 19.5. The van der Waals surface area contributed by atoms with Gasteiger partial charge in [0, 0.05) is 24.3 Å². The molecule has 140 valence electrons. The highest BCUT2D eigenvalue weighted by molar-refractivity contribution is 5.94. The van der Waals surface area contributed by atoms with Gasteiger partial charge in [-0.25, -0.2) is 4.79 Å². The van der Waals surface area contributed by atoms with E-state index in [-0.39, 0.29) is 5.91 Å². The Kier molecular flexibility index (Phi) is 6.38. The number of ether oxygens (including phenoxy) is 1. The molecule has 7 nitrogen and oxygen atoms in total. The highest BCUT2D eigenvalue weighted by Crippen LogP contribution is 2.24. The Labute approximate surface area is 153 Å². The summed E-state index contributed by atoms with van der Waals surface area (Å²) in [6.07, 6.45) is 0.783. The molecule has 1 aromatic carbocycles. The average molecular weight is 359 g/mol. The van der Waals surface area contributed by atoms with Crippen molar-refractivity contribution in [1.29, 1.82) is 0 Å². The summed E-state index contributed by atoms with van der Waals surface area (Å²) in [5.41, 5.74) is 4.10. The summed E-state index contributed by atoms with van der Waals surface area (Å²) in [5.74, 6) is -0.684. The highest BCUT2D eigenvalue weighted by Gasteiger charge is 2.12. The van der Waals surface area contributed by atoms with Gasteiger partial charge in [0.15, 0.2) is 6.61 Å². The molecule has 0 aliphatic carbocycles. The number of carbonyl (C=O) groups excluding carboxylic acids is 1. The molecule has 1 aromatic heterocycles. The van der Waals surface area contributed by atoms with Crippen LogP contribution in [0.15, 0.2) is 18.2 Å². The standard InChI is InChI=1S/C19H25N3O4/c1-12-8-16(9-13(2)18(12)26-11-17(23)24)19(25)20-6-5-7-22-15(4)10-14(3)21-22/h8-10H,5-7,11H2,1-4H3,(H,20,25)(H,23,24). The number of carbonyl (C=O) groups is 2. The highest BCUT2D eigenvalue weighted by atomic mass is 16.5. The van der Waals surface area contributed by atoms with Crippen LogP contribution < -0.4 is 10.1 Å². The molecule has 1 heterocycles. The first-order valence-corrected chi connectivity index (χ1v) is 8.53. The third-order valence-electron chi connectivity index (χ3n) is 4.00. The monoisotopic (exact) mass is 359 g/mol. The smallest absolute Gasteiger partial charge is 0.341 e. The first-order valence-electron chi connectivity index (χ1n) is 8.53. The number of rotatable bonds is 8. The number of hydrogen-bond donors (Lipinski definition) is 2. The van der Waals surface area contributed by atoms with Crippen LogP contribution in [0, 0.1) is 27.7 Å². The van der Waals surface area contributed by atoms with Crippen LogP contribution in [0.25, 0.3) is 0 Å². The number of benzene rings is 1. The van der Waals surface area contributed by atoms with Crippen LogP contribution in [0.4, 0.5) is 0 Å². The summed E-state index contributed by atoms with van der Waals surface area (Å²) in [6.45, 7) is 8.46. The van der Waals surface area contributed by atoms with E-state index >= 15 is 0 Å². The summed E-state index contributed by atoms with van der Waals surface area (Å²) in [7, 11) is 0. The van der Waals surface area contributed by atoms with Crippen LogP contribution >= 0.6 is 0 Å². The van der Waals surface area contributed by atoms with E-state index in [0.717, 1.165) is 35.5 Å². The Bertz CT molecular complexity index is 788. The molecule has 26 heavy (non-hydrogen) atoms. The summed E-state index contributed by atoms with van der Waals surface area (Å²) in [6, 6.07) is 5.44. The lowest BCUT2D eigenvalue weighted by Gasteiger charge is -2.13. The number of amides is 1. The zero-order valence-electron chi connectivity index (χ0n) is 15.6. The molecule has 0 saturated heterocycles. The van der Waals surface area contributed by atoms with E-state index in [1.807, 2.05) is 24.6 Å². The van der Waals surface area contributed by atoms with E-state index in [1.54, 1.807) is 26.0 Å². The van der Waals surface area contributed by atoms with Crippen molar-refractivity contribution in [2.24, 2.45) is 0 Å². The molecule has 0 bridgehead atoms. The fourth-order valence-corrected chi connectivity index (χ4v) is 2.88. The van der Waals surface area contributed by atoms with Crippen molar-refractivity contribution in [1.82, 2.24) is 15.1 Å². The second kappa shape index (κ2) is 8.51. The summed E-state index contributed by atoms with van der Waals surface area (Å²) in [5, 5.41) is 16.0. The Balaban J connectivity index is 1.90. The van der Waals surface area contributed by atoms with Gasteiger partial charge >= 0.3 is 5.97 Å². The van der Waals surface area contributed by atoms with Gasteiger partial charge in [-0.3, -0.25) is 9.48 Å². The molecule has 2 rings (SSSR count). The Morgan fingerprint density at radius 1 is 1.15 bits per heavy atom. The third kappa shape index (κ3) is 5.08. The van der Waals surface area contributed by atoms with E-state index in [9.17, 15) is 9.59 Å². The Morgan fingerprint density at radius 2 is 1.81 bits per heavy atom. The molecule has 0 aliphatic heterocycles. The fourth-order valence-electron chi connectivity index (χ4n) is 2.88. The third-order valence-corrected chi connectivity index (χ3v) is 4.00. The van der Waals surface area contributed by atoms with Gasteiger partial charge in [-0.2, -0.15) is 5.10 Å². The molecule has 0 saturated carbocycles. The molecule has 0 atom stereocenters. The number of aromatic nitrogens is 2. The van der Waals surface area contributed by atoms with Crippen molar-refractivity contribution < 1.29 is 19.4 Å². The van der Waals surface area contributed by atoms with Gasteiger partial charge in [-0.05, 0) is 63.4 Å². The van der Waals surface area contributed by atoms with Crippen molar-refractivity contribution >= 4 is 11.9 Å². The van der Waals surface area contributed by atoms with E-state index in [0.29, 0.717) is 17.9 Å². The maximum absolute atomic E-state index is 12.3. The minimum absolute atomic E-state index is 0.158. The predicted molar refractivity (Wildman–Crippen MR) is 97.7 cm³/mol. The normalized spacial score (nSPS) is 10.6.